The van der Waals surface area contributed by atoms with Crippen LogP contribution in [0.1, 0.15) is 48.5 Å². The first-order valence-corrected chi connectivity index (χ1v) is 11.1. The Morgan fingerprint density at radius 1 is 1.30 bits per heavy atom. The molecule has 11 nitrogen and oxygen atoms in total. The fourth-order valence-electron chi connectivity index (χ4n) is 3.74. The molecule has 1 saturated heterocycles. The van der Waals surface area contributed by atoms with Crippen LogP contribution in [0.2, 0.25) is 0 Å². The number of anilines is 3. The van der Waals surface area contributed by atoms with Crippen molar-refractivity contribution in [2.75, 3.05) is 30.9 Å². The Bertz CT molecular complexity index is 1180. The van der Waals surface area contributed by atoms with E-state index in [0.717, 1.165) is 32.3 Å². The summed E-state index contributed by atoms with van der Waals surface area (Å²) in [4.78, 5) is 29.0. The molecule has 176 valence electrons. The summed E-state index contributed by atoms with van der Waals surface area (Å²) in [7, 11) is 1.72. The summed E-state index contributed by atoms with van der Waals surface area (Å²) in [5, 5.41) is 18.6. The van der Waals surface area contributed by atoms with Gasteiger partial charge in [0.05, 0.1) is 24.9 Å². The minimum atomic E-state index is -0.624. The fraction of sp³-hybridized carbons (Fsp3) is 0.455. The number of fused-ring (bicyclic) bond motifs is 1. The smallest absolute Gasteiger partial charge is 0.274 e. The number of hydrogen-bond acceptors (Lipinski definition) is 8. The summed E-state index contributed by atoms with van der Waals surface area (Å²) in [6.07, 6.45) is 8.35. The molecule has 5 N–H and O–H groups in total. The molecule has 0 radical (unpaired) electrons. The van der Waals surface area contributed by atoms with Gasteiger partial charge in [0.15, 0.2) is 5.65 Å². The van der Waals surface area contributed by atoms with E-state index in [2.05, 4.69) is 20.7 Å². The maximum absolute atomic E-state index is 12.9. The van der Waals surface area contributed by atoms with Crippen LogP contribution in [0.25, 0.3) is 5.65 Å². The van der Waals surface area contributed by atoms with Crippen molar-refractivity contribution in [2.45, 2.75) is 44.2 Å². The van der Waals surface area contributed by atoms with Crippen LogP contribution in [0.5, 0.6) is 0 Å². The molecule has 11 heteroatoms. The van der Waals surface area contributed by atoms with Crippen LogP contribution in [0.3, 0.4) is 0 Å². The van der Waals surface area contributed by atoms with Crippen LogP contribution in [0.15, 0.2) is 35.4 Å². The molecule has 4 heterocycles. The van der Waals surface area contributed by atoms with Crippen LogP contribution in [-0.2, 0) is 4.74 Å². The fourth-order valence-corrected chi connectivity index (χ4v) is 3.74. The number of rotatable bonds is 5. The Kier molecular flexibility index (Phi) is 6.90. The van der Waals surface area contributed by atoms with Crippen molar-refractivity contribution < 1.29 is 14.6 Å². The zero-order valence-corrected chi connectivity index (χ0v) is 18.5. The molecular weight excluding hydrogens is 426 g/mol. The lowest BCUT2D eigenvalue weighted by Crippen LogP contribution is -2.31. The number of nitrogens with zero attached hydrogens (tertiary/aromatic N) is 4. The molecule has 0 bridgehead atoms. The Labute approximate surface area is 190 Å². The predicted molar refractivity (Wildman–Crippen MR) is 124 cm³/mol. The zero-order chi connectivity index (χ0) is 23.4. The van der Waals surface area contributed by atoms with Crippen LogP contribution < -0.4 is 21.9 Å². The molecular formula is C22H29N7O4. The molecule has 2 aliphatic rings. The average molecular weight is 456 g/mol. The quantitative estimate of drug-likeness (QED) is 0.454. The van der Waals surface area contributed by atoms with E-state index in [9.17, 15) is 9.59 Å². The summed E-state index contributed by atoms with van der Waals surface area (Å²) in [5.41, 5.74) is 6.13. The highest BCUT2D eigenvalue weighted by atomic mass is 16.5. The largest absolute Gasteiger partial charge is 0.393 e. The van der Waals surface area contributed by atoms with Crippen molar-refractivity contribution in [3.05, 3.63) is 46.5 Å². The first-order valence-electron chi connectivity index (χ1n) is 11.1. The van der Waals surface area contributed by atoms with Gasteiger partial charge in [-0.3, -0.25) is 9.59 Å². The predicted octanol–water partition coefficient (Wildman–Crippen LogP) is 1.66. The van der Waals surface area contributed by atoms with Crippen molar-refractivity contribution in [3.63, 3.8) is 0 Å². The standard InChI is InChI=1S/C18H21N7O3.C4H8O/c1-20-15-8-14(23-17-12(16(19)26)9-21-25(15)17)22-13-5-2-6-24(18(13)27)11-4-3-7-28-10-11;5-4-2-1-3-4/h2,5-6,8-9,11,20H,3-4,7,10H2,1H3,(H2,19,26)(H,22,23);4-5H,1-3H2. The molecule has 0 aromatic carbocycles. The Hall–Kier alpha value is -3.44. The molecule has 2 fully saturated rings. The van der Waals surface area contributed by atoms with E-state index in [1.54, 1.807) is 29.9 Å². The summed E-state index contributed by atoms with van der Waals surface area (Å²) >= 11 is 0. The molecule has 1 atom stereocenters. The maximum Gasteiger partial charge on any atom is 0.274 e. The van der Waals surface area contributed by atoms with Gasteiger partial charge < -0.3 is 30.8 Å². The van der Waals surface area contributed by atoms with Gasteiger partial charge in [-0.15, -0.1) is 0 Å². The molecule has 3 aromatic heterocycles. The number of ether oxygens (including phenoxy) is 1. The lowest BCUT2D eigenvalue weighted by atomic mass is 9.97. The van der Waals surface area contributed by atoms with E-state index in [1.807, 2.05) is 6.07 Å². The molecule has 33 heavy (non-hydrogen) atoms. The summed E-state index contributed by atoms with van der Waals surface area (Å²) < 4.78 is 8.67. The van der Waals surface area contributed by atoms with Crippen LogP contribution >= 0.6 is 0 Å². The number of nitrogens with two attached hydrogens (primary N) is 1. The molecule has 3 aromatic rings. The molecule has 1 amide bonds. The lowest BCUT2D eigenvalue weighted by molar-refractivity contribution is 0.0581. The van der Waals surface area contributed by atoms with Crippen LogP contribution in [-0.4, -0.2) is 56.5 Å². The Balaban J connectivity index is 0.000000459. The van der Waals surface area contributed by atoms with Gasteiger partial charge in [-0.2, -0.15) is 9.61 Å². The van der Waals surface area contributed by atoms with Crippen molar-refractivity contribution in [1.29, 1.82) is 0 Å². The van der Waals surface area contributed by atoms with Crippen molar-refractivity contribution in [3.8, 4) is 0 Å². The third-order valence-electron chi connectivity index (χ3n) is 5.83. The zero-order valence-electron chi connectivity index (χ0n) is 18.5. The Morgan fingerprint density at radius 2 is 2.09 bits per heavy atom. The molecule has 0 spiro atoms. The van der Waals surface area contributed by atoms with E-state index in [-0.39, 0.29) is 23.3 Å². The second-order valence-corrected chi connectivity index (χ2v) is 8.15. The number of carbonyl (C=O) groups is 1. The highest BCUT2D eigenvalue weighted by Crippen LogP contribution is 2.22. The normalized spacial score (nSPS) is 18.2. The highest BCUT2D eigenvalue weighted by Gasteiger charge is 2.19. The first kappa shape index (κ1) is 22.7. The summed E-state index contributed by atoms with van der Waals surface area (Å²) in [6.45, 7) is 1.25. The van der Waals surface area contributed by atoms with E-state index in [4.69, 9.17) is 15.6 Å². The number of primary amides is 1. The molecule has 1 saturated carbocycles. The van der Waals surface area contributed by atoms with E-state index >= 15 is 0 Å². The number of carbonyl (C=O) groups excluding carboxylic acids is 1. The number of aromatic nitrogens is 4. The first-order chi connectivity index (χ1) is 16.0. The SMILES string of the molecule is CNc1cc(Nc2cccn(C3CCCOC3)c2=O)nc2c(C(N)=O)cnn12.OC1CCC1. The van der Waals surface area contributed by atoms with Crippen LogP contribution in [0, 0.1) is 0 Å². The second kappa shape index (κ2) is 10.0. The number of amides is 1. The van der Waals surface area contributed by atoms with Crippen molar-refractivity contribution in [2.24, 2.45) is 5.73 Å². The third kappa shape index (κ3) is 4.99. The van der Waals surface area contributed by atoms with Gasteiger partial charge in [-0.25, -0.2) is 4.98 Å². The lowest BCUT2D eigenvalue weighted by Gasteiger charge is -2.24. The van der Waals surface area contributed by atoms with E-state index in [0.29, 0.717) is 29.6 Å². The minimum absolute atomic E-state index is 0.0163. The second-order valence-electron chi connectivity index (χ2n) is 8.15. The third-order valence-corrected chi connectivity index (χ3v) is 5.83. The van der Waals surface area contributed by atoms with Crippen LogP contribution in [0.4, 0.5) is 17.3 Å². The summed E-state index contributed by atoms with van der Waals surface area (Å²) in [5.74, 6) is 0.368. The topological polar surface area (TPSA) is 149 Å². The maximum atomic E-state index is 12.9. The van der Waals surface area contributed by atoms with Gasteiger partial charge in [0.25, 0.3) is 11.5 Å². The van der Waals surface area contributed by atoms with Gasteiger partial charge in [0.2, 0.25) is 0 Å². The number of aliphatic hydroxyl groups is 1. The summed E-state index contributed by atoms with van der Waals surface area (Å²) in [6, 6.07) is 5.22. The average Bonchev–Trinajstić information content (AvgIpc) is 3.24. The van der Waals surface area contributed by atoms with Gasteiger partial charge in [-0.1, -0.05) is 0 Å². The molecule has 1 aliphatic heterocycles. The van der Waals surface area contributed by atoms with E-state index in [1.165, 1.54) is 17.1 Å². The molecule has 1 unspecified atom stereocenters. The minimum Gasteiger partial charge on any atom is -0.393 e. The van der Waals surface area contributed by atoms with Crippen molar-refractivity contribution >= 4 is 28.9 Å². The number of hydrogen-bond donors (Lipinski definition) is 4. The van der Waals surface area contributed by atoms with Gasteiger partial charge in [0, 0.05) is 25.9 Å². The Morgan fingerprint density at radius 3 is 2.70 bits per heavy atom. The molecule has 5 rings (SSSR count). The van der Waals surface area contributed by atoms with Gasteiger partial charge >= 0.3 is 0 Å². The van der Waals surface area contributed by atoms with Gasteiger partial charge in [0.1, 0.15) is 22.9 Å². The highest BCUT2D eigenvalue weighted by molar-refractivity contribution is 5.98. The number of nitrogens with one attached hydrogen (secondary N) is 2. The monoisotopic (exact) mass is 455 g/mol. The number of pyridine rings is 1. The number of aliphatic hydroxyl groups excluding tert-OH is 1. The molecule has 1 aliphatic carbocycles. The van der Waals surface area contributed by atoms with Gasteiger partial charge in [-0.05, 0) is 44.2 Å². The van der Waals surface area contributed by atoms with E-state index < -0.39 is 5.91 Å². The van der Waals surface area contributed by atoms with Crippen molar-refractivity contribution in [1.82, 2.24) is 19.2 Å².